The molecule has 1 aromatic carbocycles. The number of hydrogen-bond acceptors (Lipinski definition) is 3. The molecule has 2 aliphatic rings. The molecule has 20 heavy (non-hydrogen) atoms. The van der Waals surface area contributed by atoms with Crippen LogP contribution >= 0.6 is 0 Å². The van der Waals surface area contributed by atoms with Crippen molar-refractivity contribution in [2.45, 2.75) is 25.7 Å². The van der Waals surface area contributed by atoms with Crippen molar-refractivity contribution in [3.05, 3.63) is 30.5 Å². The molecular weight excluding hydrogens is 246 g/mol. The fourth-order valence-corrected chi connectivity index (χ4v) is 2.93. The maximum absolute atomic E-state index is 6.09. The van der Waals surface area contributed by atoms with Gasteiger partial charge in [-0.2, -0.15) is 0 Å². The van der Waals surface area contributed by atoms with Gasteiger partial charge in [0.15, 0.2) is 0 Å². The molecule has 104 valence electrons. The molecule has 0 bridgehead atoms. The Morgan fingerprint density at radius 1 is 1.05 bits per heavy atom. The summed E-state index contributed by atoms with van der Waals surface area (Å²) < 4.78 is 0. The summed E-state index contributed by atoms with van der Waals surface area (Å²) in [5.41, 5.74) is 9.26. The highest BCUT2D eigenvalue weighted by atomic mass is 15.1. The van der Waals surface area contributed by atoms with Crippen LogP contribution in [0.4, 0.5) is 11.4 Å². The van der Waals surface area contributed by atoms with Gasteiger partial charge in [0.2, 0.25) is 0 Å². The van der Waals surface area contributed by atoms with Crippen molar-refractivity contribution >= 4 is 22.3 Å². The van der Waals surface area contributed by atoms with Gasteiger partial charge in [-0.25, -0.2) is 0 Å². The first kappa shape index (κ1) is 12.0. The van der Waals surface area contributed by atoms with E-state index in [1.165, 1.54) is 44.5 Å². The van der Waals surface area contributed by atoms with Crippen molar-refractivity contribution in [3.8, 4) is 0 Å². The highest BCUT2D eigenvalue weighted by Crippen LogP contribution is 2.38. The van der Waals surface area contributed by atoms with Gasteiger partial charge < -0.3 is 10.6 Å². The van der Waals surface area contributed by atoms with Gasteiger partial charge in [0, 0.05) is 30.4 Å². The number of benzene rings is 1. The number of pyridine rings is 1. The van der Waals surface area contributed by atoms with Crippen LogP contribution in [0, 0.1) is 11.8 Å². The number of aromatic nitrogens is 1. The minimum Gasteiger partial charge on any atom is -0.398 e. The Balaban J connectivity index is 1.74. The van der Waals surface area contributed by atoms with Gasteiger partial charge in [0.1, 0.15) is 0 Å². The fraction of sp³-hybridized carbons (Fsp3) is 0.471. The first-order valence-corrected chi connectivity index (χ1v) is 7.69. The zero-order valence-electron chi connectivity index (χ0n) is 11.8. The second kappa shape index (κ2) is 4.65. The summed E-state index contributed by atoms with van der Waals surface area (Å²) in [7, 11) is 0. The van der Waals surface area contributed by atoms with E-state index in [1.54, 1.807) is 0 Å². The number of rotatable bonds is 5. The molecule has 3 nitrogen and oxygen atoms in total. The first-order chi connectivity index (χ1) is 9.81. The molecule has 2 N–H and O–H groups in total. The van der Waals surface area contributed by atoms with E-state index in [1.807, 2.05) is 18.3 Å². The molecule has 0 saturated heterocycles. The van der Waals surface area contributed by atoms with E-state index in [2.05, 4.69) is 22.0 Å². The zero-order valence-corrected chi connectivity index (χ0v) is 11.8. The van der Waals surface area contributed by atoms with Gasteiger partial charge in [-0.15, -0.1) is 0 Å². The van der Waals surface area contributed by atoms with Crippen LogP contribution < -0.4 is 10.6 Å². The summed E-state index contributed by atoms with van der Waals surface area (Å²) in [4.78, 5) is 7.16. The SMILES string of the molecule is Nc1ccc(N(CC2CC2)CC2CC2)c2ncccc12. The molecule has 0 aliphatic heterocycles. The van der Waals surface area contributed by atoms with Gasteiger partial charge in [-0.3, -0.25) is 4.98 Å². The van der Waals surface area contributed by atoms with E-state index in [9.17, 15) is 0 Å². The highest BCUT2D eigenvalue weighted by molar-refractivity contribution is 5.98. The third-order valence-electron chi connectivity index (χ3n) is 4.47. The third-order valence-corrected chi connectivity index (χ3v) is 4.47. The molecule has 0 unspecified atom stereocenters. The van der Waals surface area contributed by atoms with Crippen molar-refractivity contribution in [1.29, 1.82) is 0 Å². The molecule has 2 saturated carbocycles. The second-order valence-corrected chi connectivity index (χ2v) is 6.37. The molecule has 1 aromatic heterocycles. The predicted octanol–water partition coefficient (Wildman–Crippen LogP) is 3.44. The summed E-state index contributed by atoms with van der Waals surface area (Å²) in [6.07, 6.45) is 7.43. The van der Waals surface area contributed by atoms with Crippen molar-refractivity contribution in [2.24, 2.45) is 11.8 Å². The Labute approximate surface area is 119 Å². The largest absolute Gasteiger partial charge is 0.398 e. The van der Waals surface area contributed by atoms with Crippen molar-refractivity contribution in [2.75, 3.05) is 23.7 Å². The number of nitrogen functional groups attached to an aromatic ring is 1. The van der Waals surface area contributed by atoms with Crippen LogP contribution in [0.25, 0.3) is 10.9 Å². The fourth-order valence-electron chi connectivity index (χ4n) is 2.93. The van der Waals surface area contributed by atoms with Crippen LogP contribution in [0.15, 0.2) is 30.5 Å². The molecule has 2 fully saturated rings. The topological polar surface area (TPSA) is 42.1 Å². The number of anilines is 2. The van der Waals surface area contributed by atoms with E-state index < -0.39 is 0 Å². The summed E-state index contributed by atoms with van der Waals surface area (Å²) in [5.74, 6) is 1.79. The number of nitrogens with two attached hydrogens (primary N) is 1. The van der Waals surface area contributed by atoms with Gasteiger partial charge >= 0.3 is 0 Å². The lowest BCUT2D eigenvalue weighted by Crippen LogP contribution is -2.28. The minimum atomic E-state index is 0.828. The Bertz CT molecular complexity index is 615. The summed E-state index contributed by atoms with van der Waals surface area (Å²) >= 11 is 0. The molecule has 4 rings (SSSR count). The molecule has 0 radical (unpaired) electrons. The predicted molar refractivity (Wildman–Crippen MR) is 83.8 cm³/mol. The molecule has 0 amide bonds. The molecule has 0 atom stereocenters. The smallest absolute Gasteiger partial charge is 0.0955 e. The average molecular weight is 267 g/mol. The summed E-state index contributed by atoms with van der Waals surface area (Å²) in [6.45, 7) is 2.37. The normalized spacial score (nSPS) is 18.4. The highest BCUT2D eigenvalue weighted by Gasteiger charge is 2.30. The van der Waals surface area contributed by atoms with E-state index in [0.29, 0.717) is 0 Å². The Morgan fingerprint density at radius 2 is 1.75 bits per heavy atom. The Hall–Kier alpha value is -1.77. The van der Waals surface area contributed by atoms with Gasteiger partial charge in [-0.05, 0) is 61.8 Å². The molecule has 2 aromatic rings. The van der Waals surface area contributed by atoms with Gasteiger partial charge in [0.25, 0.3) is 0 Å². The van der Waals surface area contributed by atoms with E-state index in [4.69, 9.17) is 5.73 Å². The van der Waals surface area contributed by atoms with Crippen LogP contribution in [0.5, 0.6) is 0 Å². The van der Waals surface area contributed by atoms with Crippen molar-refractivity contribution < 1.29 is 0 Å². The third kappa shape index (κ3) is 2.33. The van der Waals surface area contributed by atoms with Crippen molar-refractivity contribution in [3.63, 3.8) is 0 Å². The van der Waals surface area contributed by atoms with E-state index in [-0.39, 0.29) is 0 Å². The second-order valence-electron chi connectivity index (χ2n) is 6.37. The molecular formula is C17H21N3. The standard InChI is InChI=1S/C17H21N3/c18-15-7-8-16(17-14(15)2-1-9-19-17)20(10-12-3-4-12)11-13-5-6-13/h1-2,7-9,12-13H,3-6,10-11,18H2. The van der Waals surface area contributed by atoms with Crippen molar-refractivity contribution in [1.82, 2.24) is 4.98 Å². The van der Waals surface area contributed by atoms with Gasteiger partial charge in [0.05, 0.1) is 11.2 Å². The van der Waals surface area contributed by atoms with Crippen LogP contribution in [0.3, 0.4) is 0 Å². The number of hydrogen-bond donors (Lipinski definition) is 1. The number of nitrogens with zero attached hydrogens (tertiary/aromatic N) is 2. The molecule has 1 heterocycles. The quantitative estimate of drug-likeness (QED) is 0.844. The number of fused-ring (bicyclic) bond motifs is 1. The summed E-state index contributed by atoms with van der Waals surface area (Å²) in [6, 6.07) is 8.24. The monoisotopic (exact) mass is 267 g/mol. The zero-order chi connectivity index (χ0) is 13.5. The summed E-state index contributed by atoms with van der Waals surface area (Å²) in [5, 5.41) is 1.08. The Morgan fingerprint density at radius 3 is 2.40 bits per heavy atom. The van der Waals surface area contributed by atoms with Crippen LogP contribution in [0.2, 0.25) is 0 Å². The average Bonchev–Trinajstić information content (AvgIpc) is 3.35. The molecule has 0 spiro atoms. The van der Waals surface area contributed by atoms with Crippen LogP contribution in [0.1, 0.15) is 25.7 Å². The van der Waals surface area contributed by atoms with E-state index in [0.717, 1.165) is 28.4 Å². The Kier molecular flexibility index (Phi) is 2.79. The minimum absolute atomic E-state index is 0.828. The van der Waals surface area contributed by atoms with Crippen LogP contribution in [-0.4, -0.2) is 18.1 Å². The molecule has 3 heteroatoms. The molecule has 2 aliphatic carbocycles. The van der Waals surface area contributed by atoms with Crippen LogP contribution in [-0.2, 0) is 0 Å². The lowest BCUT2D eigenvalue weighted by atomic mass is 10.1. The maximum Gasteiger partial charge on any atom is 0.0955 e. The first-order valence-electron chi connectivity index (χ1n) is 7.69. The maximum atomic E-state index is 6.09. The van der Waals surface area contributed by atoms with Gasteiger partial charge in [-0.1, -0.05) is 0 Å². The lowest BCUT2D eigenvalue weighted by molar-refractivity contribution is 0.681. The van der Waals surface area contributed by atoms with E-state index >= 15 is 0 Å². The lowest BCUT2D eigenvalue weighted by Gasteiger charge is -2.26.